The molecule has 0 saturated heterocycles. The molecule has 0 spiro atoms. The van der Waals surface area contributed by atoms with Gasteiger partial charge in [-0.05, 0) is 52.2 Å². The molecule has 5 rings (SSSR count). The molecule has 0 radical (unpaired) electrons. The van der Waals surface area contributed by atoms with Gasteiger partial charge >= 0.3 is 11.9 Å². The summed E-state index contributed by atoms with van der Waals surface area (Å²) in [6.45, 7) is 0. The SMILES string of the molecule is O=C(Oc1ccc2c3c(ccc2c1)CC1=C(O/C=C/C=C3)O1)c1ccc[nH]1. The second kappa shape index (κ2) is 6.21. The van der Waals surface area contributed by atoms with Crippen LogP contribution >= 0.6 is 0 Å². The van der Waals surface area contributed by atoms with Crippen LogP contribution in [-0.2, 0) is 15.9 Å². The summed E-state index contributed by atoms with van der Waals surface area (Å²) < 4.78 is 16.2. The topological polar surface area (TPSA) is 63.9 Å². The summed E-state index contributed by atoms with van der Waals surface area (Å²) in [6.07, 6.45) is 9.79. The smallest absolute Gasteiger partial charge is 0.360 e. The molecule has 0 fully saturated rings. The maximum Gasteiger partial charge on any atom is 0.360 e. The second-order valence-electron chi connectivity index (χ2n) is 6.29. The Hall–Kier alpha value is -3.73. The van der Waals surface area contributed by atoms with E-state index in [1.165, 1.54) is 0 Å². The molecule has 3 aromatic rings. The van der Waals surface area contributed by atoms with E-state index in [0.29, 0.717) is 23.8 Å². The van der Waals surface area contributed by atoms with E-state index < -0.39 is 5.97 Å². The first kappa shape index (κ1) is 15.5. The number of esters is 1. The third-order valence-corrected chi connectivity index (χ3v) is 4.53. The number of hydrogen-bond acceptors (Lipinski definition) is 4. The molecule has 2 aliphatic heterocycles. The van der Waals surface area contributed by atoms with E-state index in [9.17, 15) is 4.79 Å². The monoisotopic (exact) mass is 357 g/mol. The van der Waals surface area contributed by atoms with E-state index in [1.807, 2.05) is 36.4 Å². The molecule has 0 aliphatic carbocycles. The lowest BCUT2D eigenvalue weighted by molar-refractivity contribution is 0.0729. The zero-order chi connectivity index (χ0) is 18.2. The normalized spacial score (nSPS) is 16.0. The van der Waals surface area contributed by atoms with Gasteiger partial charge in [-0.15, -0.1) is 0 Å². The maximum atomic E-state index is 12.1. The third-order valence-electron chi connectivity index (χ3n) is 4.53. The molecular formula is C22H15NO4. The van der Waals surface area contributed by atoms with E-state index in [4.69, 9.17) is 14.2 Å². The number of aromatic nitrogens is 1. The quantitative estimate of drug-likeness (QED) is 0.534. The van der Waals surface area contributed by atoms with Gasteiger partial charge in [-0.25, -0.2) is 4.79 Å². The minimum absolute atomic E-state index is 0.409. The van der Waals surface area contributed by atoms with Crippen LogP contribution in [0.15, 0.2) is 78.8 Å². The number of carbonyl (C=O) groups is 1. The highest BCUT2D eigenvalue weighted by atomic mass is 16.7. The minimum atomic E-state index is -0.409. The lowest BCUT2D eigenvalue weighted by Gasteiger charge is -2.10. The highest BCUT2D eigenvalue weighted by molar-refractivity contribution is 5.94. The molecule has 1 N–H and O–H groups in total. The highest BCUT2D eigenvalue weighted by Crippen LogP contribution is 2.35. The molecule has 132 valence electrons. The van der Waals surface area contributed by atoms with Crippen molar-refractivity contribution in [2.24, 2.45) is 0 Å². The van der Waals surface area contributed by atoms with E-state index >= 15 is 0 Å². The molecule has 2 aromatic carbocycles. The van der Waals surface area contributed by atoms with Gasteiger partial charge in [-0.1, -0.05) is 30.4 Å². The van der Waals surface area contributed by atoms with E-state index in [1.54, 1.807) is 24.6 Å². The van der Waals surface area contributed by atoms with Crippen LogP contribution in [0.2, 0.25) is 0 Å². The minimum Gasteiger partial charge on any atom is -0.431 e. The Morgan fingerprint density at radius 2 is 2.07 bits per heavy atom. The van der Waals surface area contributed by atoms with Crippen molar-refractivity contribution < 1.29 is 19.0 Å². The summed E-state index contributed by atoms with van der Waals surface area (Å²) >= 11 is 0. The van der Waals surface area contributed by atoms with Crippen LogP contribution in [0.5, 0.6) is 5.75 Å². The fourth-order valence-corrected chi connectivity index (χ4v) is 3.17. The number of benzene rings is 2. The molecule has 1 aromatic heterocycles. The van der Waals surface area contributed by atoms with Crippen LogP contribution < -0.4 is 4.74 Å². The Morgan fingerprint density at radius 3 is 2.96 bits per heavy atom. The fraction of sp³-hybridized carbons (Fsp3) is 0.0455. The van der Waals surface area contributed by atoms with Gasteiger partial charge in [0.05, 0.1) is 6.26 Å². The Labute approximate surface area is 155 Å². The average Bonchev–Trinajstić information content (AvgIpc) is 3.17. The molecule has 5 heteroatoms. The predicted molar refractivity (Wildman–Crippen MR) is 101 cm³/mol. The first-order chi connectivity index (χ1) is 13.3. The summed E-state index contributed by atoms with van der Waals surface area (Å²) in [5.41, 5.74) is 2.69. The molecule has 0 unspecified atom stereocenters. The highest BCUT2D eigenvalue weighted by Gasteiger charge is 2.28. The van der Waals surface area contributed by atoms with E-state index in [0.717, 1.165) is 27.7 Å². The van der Waals surface area contributed by atoms with Gasteiger partial charge in [0.2, 0.25) is 0 Å². The van der Waals surface area contributed by atoms with Crippen LogP contribution in [0.3, 0.4) is 0 Å². The first-order valence-electron chi connectivity index (χ1n) is 8.60. The second-order valence-corrected chi connectivity index (χ2v) is 6.29. The standard InChI is InChI=1S/C22H15NO4/c24-21(19-5-3-10-23-19)26-16-8-9-18-14(12-16)6-7-15-13-20-22(27-20)25-11-2-1-4-17(15)18/h1-12,23H,13H2/b4-1?,11-2+. The number of fused-ring (bicyclic) bond motifs is 3. The zero-order valence-corrected chi connectivity index (χ0v) is 14.3. The Balaban J connectivity index is 1.52. The molecular weight excluding hydrogens is 342 g/mol. The number of H-pyrrole nitrogens is 1. The number of nitrogens with one attached hydrogen (secondary N) is 1. The predicted octanol–water partition coefficient (Wildman–Crippen LogP) is 4.69. The van der Waals surface area contributed by atoms with Crippen molar-refractivity contribution in [3.05, 3.63) is 95.6 Å². The van der Waals surface area contributed by atoms with E-state index in [2.05, 4.69) is 17.1 Å². The van der Waals surface area contributed by atoms with Crippen LogP contribution in [0, 0.1) is 0 Å². The summed E-state index contributed by atoms with van der Waals surface area (Å²) in [4.78, 5) is 15.0. The van der Waals surface area contributed by atoms with Gasteiger partial charge < -0.3 is 19.2 Å². The molecule has 0 atom stereocenters. The van der Waals surface area contributed by atoms with Crippen LogP contribution in [0.4, 0.5) is 0 Å². The number of rotatable bonds is 2. The Bertz CT molecular complexity index is 1140. The van der Waals surface area contributed by atoms with Gasteiger partial charge in [0.25, 0.3) is 0 Å². The molecule has 27 heavy (non-hydrogen) atoms. The molecule has 2 aliphatic rings. The van der Waals surface area contributed by atoms with Crippen LogP contribution in [-0.4, -0.2) is 11.0 Å². The van der Waals surface area contributed by atoms with Gasteiger partial charge in [-0.2, -0.15) is 0 Å². The average molecular weight is 357 g/mol. The number of hydrogen-bond donors (Lipinski definition) is 1. The van der Waals surface area contributed by atoms with Crippen molar-refractivity contribution >= 4 is 22.8 Å². The van der Waals surface area contributed by atoms with Crippen LogP contribution in [0.25, 0.3) is 16.8 Å². The first-order valence-corrected chi connectivity index (χ1v) is 8.60. The van der Waals surface area contributed by atoms with Gasteiger partial charge in [0.1, 0.15) is 11.4 Å². The molecule has 0 amide bonds. The largest absolute Gasteiger partial charge is 0.431 e. The van der Waals surface area contributed by atoms with Crippen LogP contribution in [0.1, 0.15) is 21.6 Å². The molecule has 0 bridgehead atoms. The number of aromatic amines is 1. The number of ether oxygens (including phenoxy) is 3. The van der Waals surface area contributed by atoms with Crippen molar-refractivity contribution in [2.75, 3.05) is 0 Å². The number of carbonyl (C=O) groups excluding carboxylic acids is 1. The lowest BCUT2D eigenvalue weighted by atomic mass is 9.96. The van der Waals surface area contributed by atoms with E-state index in [-0.39, 0.29) is 0 Å². The summed E-state index contributed by atoms with van der Waals surface area (Å²) in [5.74, 6) is 1.54. The lowest BCUT2D eigenvalue weighted by Crippen LogP contribution is -2.08. The van der Waals surface area contributed by atoms with Crippen molar-refractivity contribution in [2.45, 2.75) is 6.42 Å². The summed E-state index contributed by atoms with van der Waals surface area (Å²) in [7, 11) is 0. The van der Waals surface area contributed by atoms with Crippen molar-refractivity contribution in [1.82, 2.24) is 4.98 Å². The van der Waals surface area contributed by atoms with Crippen molar-refractivity contribution in [1.29, 1.82) is 0 Å². The number of allylic oxidation sites excluding steroid dienone is 3. The molecule has 3 heterocycles. The maximum absolute atomic E-state index is 12.1. The fourth-order valence-electron chi connectivity index (χ4n) is 3.17. The molecule has 0 saturated carbocycles. The summed E-state index contributed by atoms with van der Waals surface area (Å²) in [5, 5.41) is 2.08. The van der Waals surface area contributed by atoms with Gasteiger partial charge in [0.15, 0.2) is 5.76 Å². The zero-order valence-electron chi connectivity index (χ0n) is 14.3. The Kier molecular flexibility index (Phi) is 3.57. The Morgan fingerprint density at radius 1 is 1.11 bits per heavy atom. The van der Waals surface area contributed by atoms with Crippen molar-refractivity contribution in [3.8, 4) is 5.75 Å². The van der Waals surface area contributed by atoms with Gasteiger partial charge in [-0.3, -0.25) is 0 Å². The van der Waals surface area contributed by atoms with Crippen molar-refractivity contribution in [3.63, 3.8) is 0 Å². The molecule has 5 nitrogen and oxygen atoms in total. The summed E-state index contributed by atoms with van der Waals surface area (Å²) in [6, 6.07) is 13.2. The third kappa shape index (κ3) is 3.00. The van der Waals surface area contributed by atoms with Gasteiger partial charge in [0, 0.05) is 12.6 Å².